The maximum absolute atomic E-state index is 12.8. The lowest BCUT2D eigenvalue weighted by Crippen LogP contribution is -2.55. The molecule has 0 fully saturated rings. The van der Waals surface area contributed by atoms with Gasteiger partial charge in [-0.2, -0.15) is 0 Å². The van der Waals surface area contributed by atoms with Crippen LogP contribution >= 0.6 is 27.3 Å². The fraction of sp³-hybridized carbons (Fsp3) is 0.294. The smallest absolute Gasteiger partial charge is 0.267 e. The molecule has 0 aliphatic rings. The van der Waals surface area contributed by atoms with Crippen molar-refractivity contribution in [2.75, 3.05) is 0 Å². The Hall–Kier alpha value is -1.66. The van der Waals surface area contributed by atoms with E-state index in [0.717, 1.165) is 10.0 Å². The quantitative estimate of drug-likeness (QED) is 0.766. The van der Waals surface area contributed by atoms with Gasteiger partial charge >= 0.3 is 0 Å². The maximum Gasteiger partial charge on any atom is 0.284 e. The second-order valence-corrected chi connectivity index (χ2v) is 7.99. The standard InChI is InChI=1S/C17H19BrN2O2S/c1-11-6-5-7-12(10-11)15(21)19-20(17(2,3)4)16(22)14-13(18)8-9-23-14/h5-10H,1-4H3,(H,19,21). The van der Waals surface area contributed by atoms with Crippen LogP contribution in [0.25, 0.3) is 0 Å². The minimum absolute atomic E-state index is 0.236. The van der Waals surface area contributed by atoms with Crippen LogP contribution in [-0.4, -0.2) is 22.4 Å². The molecule has 1 aromatic carbocycles. The number of nitrogens with zero attached hydrogens (tertiary/aromatic N) is 1. The minimum atomic E-state index is -0.556. The summed E-state index contributed by atoms with van der Waals surface area (Å²) in [7, 11) is 0. The largest absolute Gasteiger partial charge is 0.284 e. The number of hydrogen-bond donors (Lipinski definition) is 1. The molecule has 0 saturated heterocycles. The highest BCUT2D eigenvalue weighted by atomic mass is 79.9. The zero-order valence-electron chi connectivity index (χ0n) is 13.5. The van der Waals surface area contributed by atoms with Gasteiger partial charge in [-0.3, -0.25) is 15.0 Å². The third-order valence-corrected chi connectivity index (χ3v) is 5.00. The van der Waals surface area contributed by atoms with Gasteiger partial charge in [0.25, 0.3) is 11.8 Å². The van der Waals surface area contributed by atoms with Gasteiger partial charge in [-0.15, -0.1) is 11.3 Å². The van der Waals surface area contributed by atoms with E-state index >= 15 is 0 Å². The average molecular weight is 395 g/mol. The summed E-state index contributed by atoms with van der Waals surface area (Å²) in [5, 5.41) is 3.22. The molecule has 0 bridgehead atoms. The molecule has 0 aliphatic carbocycles. The molecule has 0 radical (unpaired) electrons. The lowest BCUT2D eigenvalue weighted by atomic mass is 10.1. The van der Waals surface area contributed by atoms with Gasteiger partial charge < -0.3 is 0 Å². The summed E-state index contributed by atoms with van der Waals surface area (Å²) >= 11 is 4.71. The second kappa shape index (κ2) is 6.84. The molecule has 2 amide bonds. The fourth-order valence-electron chi connectivity index (χ4n) is 2.02. The van der Waals surface area contributed by atoms with E-state index < -0.39 is 5.54 Å². The molecule has 23 heavy (non-hydrogen) atoms. The number of nitrogens with one attached hydrogen (secondary N) is 1. The molecule has 1 heterocycles. The number of hydrogen-bond acceptors (Lipinski definition) is 3. The Kier molecular flexibility index (Phi) is 5.26. The van der Waals surface area contributed by atoms with Crippen LogP contribution in [0.3, 0.4) is 0 Å². The summed E-state index contributed by atoms with van der Waals surface area (Å²) in [4.78, 5) is 25.9. The highest BCUT2D eigenvalue weighted by molar-refractivity contribution is 9.10. The van der Waals surface area contributed by atoms with Crippen LogP contribution in [-0.2, 0) is 0 Å². The predicted molar refractivity (Wildman–Crippen MR) is 96.6 cm³/mol. The van der Waals surface area contributed by atoms with Gasteiger partial charge in [0.1, 0.15) is 4.88 Å². The van der Waals surface area contributed by atoms with E-state index in [1.807, 2.05) is 51.3 Å². The molecule has 122 valence electrons. The lowest BCUT2D eigenvalue weighted by Gasteiger charge is -2.35. The minimum Gasteiger partial charge on any atom is -0.267 e. The predicted octanol–water partition coefficient (Wildman–Crippen LogP) is 4.40. The molecule has 0 unspecified atom stereocenters. The Balaban J connectivity index is 2.28. The van der Waals surface area contributed by atoms with E-state index in [1.54, 1.807) is 12.1 Å². The number of amides is 2. The van der Waals surface area contributed by atoms with Crippen molar-refractivity contribution >= 4 is 39.1 Å². The first-order valence-electron chi connectivity index (χ1n) is 7.15. The zero-order valence-corrected chi connectivity index (χ0v) is 15.9. The molecule has 1 N–H and O–H groups in total. The fourth-order valence-corrected chi connectivity index (χ4v) is 3.49. The van der Waals surface area contributed by atoms with Crippen LogP contribution in [0.2, 0.25) is 0 Å². The maximum atomic E-state index is 12.8. The number of hydrazine groups is 1. The number of carbonyl (C=O) groups excluding carboxylic acids is 2. The van der Waals surface area contributed by atoms with E-state index in [2.05, 4.69) is 21.4 Å². The SMILES string of the molecule is Cc1cccc(C(=O)NN(C(=O)c2sccc2Br)C(C)(C)C)c1. The zero-order chi connectivity index (χ0) is 17.2. The monoisotopic (exact) mass is 394 g/mol. The van der Waals surface area contributed by atoms with Crippen molar-refractivity contribution in [3.05, 3.63) is 56.2 Å². The molecular weight excluding hydrogens is 376 g/mol. The molecule has 0 spiro atoms. The number of carbonyl (C=O) groups is 2. The van der Waals surface area contributed by atoms with Gasteiger partial charge in [-0.1, -0.05) is 17.7 Å². The van der Waals surface area contributed by atoms with Crippen molar-refractivity contribution in [3.63, 3.8) is 0 Å². The van der Waals surface area contributed by atoms with Crippen LogP contribution in [0.5, 0.6) is 0 Å². The van der Waals surface area contributed by atoms with E-state index in [4.69, 9.17) is 0 Å². The summed E-state index contributed by atoms with van der Waals surface area (Å²) < 4.78 is 0.728. The summed E-state index contributed by atoms with van der Waals surface area (Å²) in [6.45, 7) is 7.56. The third-order valence-electron chi connectivity index (χ3n) is 3.18. The first-order valence-corrected chi connectivity index (χ1v) is 8.82. The Morgan fingerprint density at radius 1 is 1.22 bits per heavy atom. The molecule has 2 rings (SSSR count). The topological polar surface area (TPSA) is 49.4 Å². The number of rotatable bonds is 2. The van der Waals surface area contributed by atoms with Crippen LogP contribution < -0.4 is 5.43 Å². The van der Waals surface area contributed by atoms with E-state index in [0.29, 0.717) is 10.4 Å². The van der Waals surface area contributed by atoms with Crippen LogP contribution in [0.1, 0.15) is 46.4 Å². The van der Waals surface area contributed by atoms with E-state index in [9.17, 15) is 9.59 Å². The third kappa shape index (κ3) is 4.20. The van der Waals surface area contributed by atoms with Crippen molar-refractivity contribution in [2.24, 2.45) is 0 Å². The first kappa shape index (κ1) is 17.7. The number of benzene rings is 1. The van der Waals surface area contributed by atoms with Gasteiger partial charge in [0.15, 0.2) is 0 Å². The van der Waals surface area contributed by atoms with Crippen molar-refractivity contribution in [3.8, 4) is 0 Å². The Morgan fingerprint density at radius 2 is 1.91 bits per heavy atom. The molecule has 0 saturated carbocycles. The molecule has 0 atom stereocenters. The van der Waals surface area contributed by atoms with Crippen molar-refractivity contribution in [2.45, 2.75) is 33.2 Å². The molecule has 2 aromatic rings. The highest BCUT2D eigenvalue weighted by Gasteiger charge is 2.31. The normalized spacial score (nSPS) is 11.2. The Morgan fingerprint density at radius 3 is 2.43 bits per heavy atom. The average Bonchev–Trinajstić information content (AvgIpc) is 2.88. The number of halogens is 1. The Bertz CT molecular complexity index is 734. The van der Waals surface area contributed by atoms with Crippen molar-refractivity contribution in [1.29, 1.82) is 0 Å². The van der Waals surface area contributed by atoms with Crippen LogP contribution in [0.15, 0.2) is 40.2 Å². The molecule has 6 heteroatoms. The molecule has 4 nitrogen and oxygen atoms in total. The second-order valence-electron chi connectivity index (χ2n) is 6.22. The van der Waals surface area contributed by atoms with E-state index in [1.165, 1.54) is 16.3 Å². The van der Waals surface area contributed by atoms with Gasteiger partial charge in [-0.25, -0.2) is 5.01 Å². The summed E-state index contributed by atoms with van der Waals surface area (Å²) in [6.07, 6.45) is 0. The van der Waals surface area contributed by atoms with Crippen LogP contribution in [0.4, 0.5) is 0 Å². The van der Waals surface area contributed by atoms with Crippen LogP contribution in [0, 0.1) is 6.92 Å². The first-order chi connectivity index (χ1) is 10.7. The highest BCUT2D eigenvalue weighted by Crippen LogP contribution is 2.26. The van der Waals surface area contributed by atoms with Crippen molar-refractivity contribution in [1.82, 2.24) is 10.4 Å². The van der Waals surface area contributed by atoms with E-state index in [-0.39, 0.29) is 11.8 Å². The lowest BCUT2D eigenvalue weighted by molar-refractivity contribution is 0.0362. The number of thiophene rings is 1. The van der Waals surface area contributed by atoms with Crippen molar-refractivity contribution < 1.29 is 9.59 Å². The Labute approximate surface area is 148 Å². The summed E-state index contributed by atoms with van der Waals surface area (Å²) in [5.41, 5.74) is 3.71. The molecule has 0 aliphatic heterocycles. The van der Waals surface area contributed by atoms with Gasteiger partial charge in [-0.05, 0) is 67.2 Å². The summed E-state index contributed by atoms with van der Waals surface area (Å²) in [5.74, 6) is -0.537. The summed E-state index contributed by atoms with van der Waals surface area (Å²) in [6, 6.07) is 9.09. The van der Waals surface area contributed by atoms with Gasteiger partial charge in [0.05, 0.1) is 5.54 Å². The molecular formula is C17H19BrN2O2S. The van der Waals surface area contributed by atoms with Gasteiger partial charge in [0, 0.05) is 10.0 Å². The number of aryl methyl sites for hydroxylation is 1. The molecule has 1 aromatic heterocycles. The van der Waals surface area contributed by atoms with Gasteiger partial charge in [0.2, 0.25) is 0 Å².